The zero-order valence-electron chi connectivity index (χ0n) is 13.5. The molecule has 1 unspecified atom stereocenters. The van der Waals surface area contributed by atoms with Gasteiger partial charge in [-0.3, -0.25) is 10.1 Å². The number of benzene rings is 1. The highest BCUT2D eigenvalue weighted by Crippen LogP contribution is 2.29. The molecule has 5 nitrogen and oxygen atoms in total. The van der Waals surface area contributed by atoms with Crippen LogP contribution in [0.15, 0.2) is 30.3 Å². The van der Waals surface area contributed by atoms with Gasteiger partial charge in [-0.05, 0) is 31.4 Å². The highest BCUT2D eigenvalue weighted by molar-refractivity contribution is 5.82. The quantitative estimate of drug-likeness (QED) is 0.857. The molecule has 2 N–H and O–H groups in total. The number of morpholine rings is 1. The number of ether oxygens (including phenoxy) is 1. The highest BCUT2D eigenvalue weighted by Gasteiger charge is 2.42. The van der Waals surface area contributed by atoms with Crippen LogP contribution in [0.1, 0.15) is 30.9 Å². The number of nitrogens with zero attached hydrogens (tertiary/aromatic N) is 1. The van der Waals surface area contributed by atoms with E-state index < -0.39 is 0 Å². The van der Waals surface area contributed by atoms with E-state index >= 15 is 0 Å². The molecular formula is C18H25N3O2. The molecular weight excluding hydrogens is 290 g/mol. The third kappa shape index (κ3) is 3.01. The van der Waals surface area contributed by atoms with Crippen LogP contribution in [-0.2, 0) is 9.53 Å². The second-order valence-electron chi connectivity index (χ2n) is 6.98. The van der Waals surface area contributed by atoms with Crippen LogP contribution in [0.4, 0.5) is 0 Å². The molecule has 0 aliphatic carbocycles. The number of hydrogen-bond donors (Lipinski definition) is 2. The van der Waals surface area contributed by atoms with E-state index in [1.807, 2.05) is 11.0 Å². The van der Waals surface area contributed by atoms with Crippen LogP contribution >= 0.6 is 0 Å². The average Bonchev–Trinajstić information content (AvgIpc) is 3.25. The van der Waals surface area contributed by atoms with E-state index in [0.717, 1.165) is 45.4 Å². The lowest BCUT2D eigenvalue weighted by Gasteiger charge is -2.41. The Bertz CT molecular complexity index is 557. The first-order valence-corrected chi connectivity index (χ1v) is 8.70. The summed E-state index contributed by atoms with van der Waals surface area (Å²) in [5.41, 5.74) is 1.13. The molecule has 3 fully saturated rings. The second-order valence-corrected chi connectivity index (χ2v) is 6.98. The van der Waals surface area contributed by atoms with Gasteiger partial charge in [0.25, 0.3) is 0 Å². The lowest BCUT2D eigenvalue weighted by Crippen LogP contribution is -2.57. The molecule has 5 heteroatoms. The Morgan fingerprint density at radius 3 is 2.91 bits per heavy atom. The normalized spacial score (nSPS) is 34.2. The largest absolute Gasteiger partial charge is 0.370 e. The zero-order chi connectivity index (χ0) is 15.7. The maximum atomic E-state index is 12.9. The summed E-state index contributed by atoms with van der Waals surface area (Å²) >= 11 is 0. The Morgan fingerprint density at radius 2 is 2.13 bits per heavy atom. The fourth-order valence-electron chi connectivity index (χ4n) is 4.12. The van der Waals surface area contributed by atoms with E-state index in [9.17, 15) is 4.79 Å². The van der Waals surface area contributed by atoms with Crippen molar-refractivity contribution in [3.63, 3.8) is 0 Å². The molecule has 23 heavy (non-hydrogen) atoms. The molecule has 4 rings (SSSR count). The molecule has 1 spiro atoms. The Kier molecular flexibility index (Phi) is 4.09. The average molecular weight is 315 g/mol. The molecule has 1 aromatic rings. The van der Waals surface area contributed by atoms with Crippen LogP contribution in [0, 0.1) is 0 Å². The molecule has 1 aromatic carbocycles. The van der Waals surface area contributed by atoms with Gasteiger partial charge in [0.1, 0.15) is 0 Å². The Balaban J connectivity index is 1.40. The number of nitrogens with one attached hydrogen (secondary N) is 2. The van der Waals surface area contributed by atoms with E-state index in [2.05, 4.69) is 34.9 Å². The van der Waals surface area contributed by atoms with Crippen molar-refractivity contribution in [2.45, 2.75) is 36.9 Å². The molecule has 0 radical (unpaired) electrons. The number of hydrogen-bond acceptors (Lipinski definition) is 4. The predicted octanol–water partition coefficient (Wildman–Crippen LogP) is 1.07. The van der Waals surface area contributed by atoms with Crippen molar-refractivity contribution in [1.82, 2.24) is 15.5 Å². The summed E-state index contributed by atoms with van der Waals surface area (Å²) in [6, 6.07) is 10.7. The SMILES string of the molecule is O=C([C@H]1CC[C@H](c2ccccc2)N1)N1CCOC2(CCNC2)C1. The summed E-state index contributed by atoms with van der Waals surface area (Å²) in [6.07, 6.45) is 2.94. The third-order valence-corrected chi connectivity index (χ3v) is 5.41. The number of rotatable bonds is 2. The van der Waals surface area contributed by atoms with E-state index in [0.29, 0.717) is 12.6 Å². The van der Waals surface area contributed by atoms with Crippen molar-refractivity contribution < 1.29 is 9.53 Å². The minimum Gasteiger partial charge on any atom is -0.370 e. The van der Waals surface area contributed by atoms with Crippen molar-refractivity contribution in [2.24, 2.45) is 0 Å². The van der Waals surface area contributed by atoms with Gasteiger partial charge < -0.3 is 15.0 Å². The van der Waals surface area contributed by atoms with E-state index in [1.54, 1.807) is 0 Å². The summed E-state index contributed by atoms with van der Waals surface area (Å²) in [4.78, 5) is 14.9. The van der Waals surface area contributed by atoms with Gasteiger partial charge in [0.15, 0.2) is 0 Å². The van der Waals surface area contributed by atoms with Gasteiger partial charge in [0.2, 0.25) is 5.91 Å². The summed E-state index contributed by atoms with van der Waals surface area (Å²) in [5.74, 6) is 0.248. The number of amides is 1. The van der Waals surface area contributed by atoms with E-state index in [-0.39, 0.29) is 17.6 Å². The molecule has 3 aliphatic heterocycles. The molecule has 3 aliphatic rings. The minimum atomic E-state index is -0.147. The summed E-state index contributed by atoms with van der Waals surface area (Å²) < 4.78 is 5.98. The fraction of sp³-hybridized carbons (Fsp3) is 0.611. The second kappa shape index (κ2) is 6.23. The minimum absolute atomic E-state index is 0.0512. The Labute approximate surface area is 137 Å². The number of carbonyl (C=O) groups excluding carboxylic acids is 1. The Hall–Kier alpha value is -1.43. The maximum absolute atomic E-state index is 12.9. The molecule has 3 heterocycles. The molecule has 0 bridgehead atoms. The summed E-state index contributed by atoms with van der Waals surface area (Å²) in [7, 11) is 0. The molecule has 3 atom stereocenters. The van der Waals surface area contributed by atoms with Crippen LogP contribution in [0.25, 0.3) is 0 Å². The van der Waals surface area contributed by atoms with E-state index in [1.165, 1.54) is 5.56 Å². The van der Waals surface area contributed by atoms with Gasteiger partial charge in [0, 0.05) is 19.1 Å². The Morgan fingerprint density at radius 1 is 1.26 bits per heavy atom. The van der Waals surface area contributed by atoms with Crippen molar-refractivity contribution in [3.05, 3.63) is 35.9 Å². The lowest BCUT2D eigenvalue weighted by atomic mass is 10.00. The van der Waals surface area contributed by atoms with Gasteiger partial charge >= 0.3 is 0 Å². The third-order valence-electron chi connectivity index (χ3n) is 5.41. The van der Waals surface area contributed by atoms with E-state index in [4.69, 9.17) is 4.74 Å². The molecule has 1 amide bonds. The van der Waals surface area contributed by atoms with Crippen molar-refractivity contribution in [2.75, 3.05) is 32.8 Å². The van der Waals surface area contributed by atoms with Crippen LogP contribution in [0.2, 0.25) is 0 Å². The summed E-state index contributed by atoms with van der Waals surface area (Å²) in [5, 5.41) is 6.90. The van der Waals surface area contributed by atoms with Crippen LogP contribution in [-0.4, -0.2) is 55.2 Å². The van der Waals surface area contributed by atoms with Crippen LogP contribution in [0.5, 0.6) is 0 Å². The van der Waals surface area contributed by atoms with Crippen molar-refractivity contribution in [3.8, 4) is 0 Å². The molecule has 124 valence electrons. The van der Waals surface area contributed by atoms with Crippen molar-refractivity contribution in [1.29, 1.82) is 0 Å². The lowest BCUT2D eigenvalue weighted by molar-refractivity contribution is -0.149. The zero-order valence-corrected chi connectivity index (χ0v) is 13.5. The summed E-state index contributed by atoms with van der Waals surface area (Å²) in [6.45, 7) is 3.95. The van der Waals surface area contributed by atoms with Gasteiger partial charge in [-0.25, -0.2) is 0 Å². The fourth-order valence-corrected chi connectivity index (χ4v) is 4.12. The topological polar surface area (TPSA) is 53.6 Å². The maximum Gasteiger partial charge on any atom is 0.239 e. The standard InChI is InChI=1S/C18H25N3O2/c22-17(21-10-11-23-18(13-21)8-9-19-12-18)16-7-6-15(20-16)14-4-2-1-3-5-14/h1-5,15-16,19-20H,6-13H2/t15-,16-,18?/m1/s1. The van der Waals surface area contributed by atoms with Gasteiger partial charge in [-0.2, -0.15) is 0 Å². The van der Waals surface area contributed by atoms with Crippen LogP contribution < -0.4 is 10.6 Å². The number of carbonyl (C=O) groups is 1. The smallest absolute Gasteiger partial charge is 0.239 e. The highest BCUT2D eigenvalue weighted by atomic mass is 16.5. The molecule has 3 saturated heterocycles. The first kappa shape index (κ1) is 15.1. The van der Waals surface area contributed by atoms with Crippen LogP contribution in [0.3, 0.4) is 0 Å². The first-order valence-electron chi connectivity index (χ1n) is 8.70. The van der Waals surface area contributed by atoms with Gasteiger partial charge in [-0.15, -0.1) is 0 Å². The van der Waals surface area contributed by atoms with Crippen molar-refractivity contribution >= 4 is 5.91 Å². The molecule has 0 saturated carbocycles. The first-order chi connectivity index (χ1) is 11.3. The monoisotopic (exact) mass is 315 g/mol. The van der Waals surface area contributed by atoms with Gasteiger partial charge in [0.05, 0.1) is 24.8 Å². The molecule has 0 aromatic heterocycles. The van der Waals surface area contributed by atoms with Gasteiger partial charge in [-0.1, -0.05) is 30.3 Å². The predicted molar refractivity (Wildman–Crippen MR) is 88.1 cm³/mol.